The Kier molecular flexibility index (Phi) is 8.29. The van der Waals surface area contributed by atoms with Crippen molar-refractivity contribution < 1.29 is 9.59 Å². The molecule has 0 bridgehead atoms. The number of hydrogen-bond acceptors (Lipinski definition) is 3. The molecule has 1 aromatic carbocycles. The van der Waals surface area contributed by atoms with E-state index >= 15 is 0 Å². The summed E-state index contributed by atoms with van der Waals surface area (Å²) in [5, 5.41) is 10.9. The number of benzene rings is 1. The first kappa shape index (κ1) is 23.1. The second-order valence-electron chi connectivity index (χ2n) is 8.09. The molecule has 0 saturated heterocycles. The lowest BCUT2D eigenvalue weighted by Crippen LogP contribution is -2.21. The van der Waals surface area contributed by atoms with Gasteiger partial charge in [0, 0.05) is 36.3 Å². The molecule has 166 valence electrons. The van der Waals surface area contributed by atoms with Crippen LogP contribution < -0.4 is 10.6 Å². The molecule has 1 fully saturated rings. The zero-order valence-electron chi connectivity index (χ0n) is 18.3. The van der Waals surface area contributed by atoms with E-state index in [-0.39, 0.29) is 17.7 Å². The first-order valence-electron chi connectivity index (χ1n) is 11.1. The van der Waals surface area contributed by atoms with Crippen LogP contribution in [0.4, 0.5) is 5.69 Å². The largest absolute Gasteiger partial charge is 0.348 e. The van der Waals surface area contributed by atoms with Gasteiger partial charge in [-0.2, -0.15) is 5.10 Å². The maximum Gasteiger partial charge on any atom is 0.244 e. The summed E-state index contributed by atoms with van der Waals surface area (Å²) in [5.74, 6) is 0.000578. The number of carbonyl (C=O) groups excluding carboxylic acids is 2. The summed E-state index contributed by atoms with van der Waals surface area (Å²) in [6, 6.07) is 7.58. The van der Waals surface area contributed by atoms with E-state index in [9.17, 15) is 9.59 Å². The zero-order valence-corrected chi connectivity index (χ0v) is 19.0. The van der Waals surface area contributed by atoms with Crippen LogP contribution in [0.3, 0.4) is 0 Å². The summed E-state index contributed by atoms with van der Waals surface area (Å²) in [4.78, 5) is 24.6. The zero-order chi connectivity index (χ0) is 22.2. The van der Waals surface area contributed by atoms with Gasteiger partial charge in [-0.15, -0.1) is 0 Å². The number of amides is 2. The summed E-state index contributed by atoms with van der Waals surface area (Å²) in [6.07, 6.45) is 9.44. The van der Waals surface area contributed by atoms with E-state index in [1.807, 2.05) is 31.2 Å². The van der Waals surface area contributed by atoms with Gasteiger partial charge in [-0.3, -0.25) is 14.3 Å². The van der Waals surface area contributed by atoms with Crippen molar-refractivity contribution in [3.63, 3.8) is 0 Å². The molecule has 7 heteroatoms. The minimum Gasteiger partial charge on any atom is -0.348 e. The monoisotopic (exact) mass is 442 g/mol. The first-order valence-corrected chi connectivity index (χ1v) is 11.4. The highest BCUT2D eigenvalue weighted by molar-refractivity contribution is 6.31. The lowest BCUT2D eigenvalue weighted by Gasteiger charge is -2.11. The number of aryl methyl sites for hydroxylation is 2. The van der Waals surface area contributed by atoms with Crippen molar-refractivity contribution in [2.24, 2.45) is 5.92 Å². The Morgan fingerprint density at radius 1 is 1.29 bits per heavy atom. The van der Waals surface area contributed by atoms with Gasteiger partial charge in [0.2, 0.25) is 11.8 Å². The topological polar surface area (TPSA) is 76.0 Å². The van der Waals surface area contributed by atoms with Gasteiger partial charge in [0.1, 0.15) is 5.15 Å². The van der Waals surface area contributed by atoms with Gasteiger partial charge in [0.15, 0.2) is 0 Å². The quantitative estimate of drug-likeness (QED) is 0.530. The third-order valence-corrected chi connectivity index (χ3v) is 6.02. The number of hydrogen-bond donors (Lipinski definition) is 2. The average Bonchev–Trinajstić information content (AvgIpc) is 3.38. The molecule has 1 aliphatic rings. The van der Waals surface area contributed by atoms with E-state index in [2.05, 4.69) is 22.7 Å². The fraction of sp³-hybridized carbons (Fsp3) is 0.458. The number of halogens is 1. The van der Waals surface area contributed by atoms with Crippen LogP contribution in [0, 0.1) is 12.8 Å². The predicted octanol–water partition coefficient (Wildman–Crippen LogP) is 5.10. The highest BCUT2D eigenvalue weighted by Gasteiger charge is 2.22. The van der Waals surface area contributed by atoms with Crippen molar-refractivity contribution >= 4 is 35.2 Å². The van der Waals surface area contributed by atoms with Crippen molar-refractivity contribution in [3.05, 3.63) is 52.3 Å². The van der Waals surface area contributed by atoms with E-state index in [0.29, 0.717) is 11.7 Å². The molecule has 6 nitrogen and oxygen atoms in total. The smallest absolute Gasteiger partial charge is 0.244 e. The molecule has 0 spiro atoms. The number of rotatable bonds is 9. The van der Waals surface area contributed by atoms with Crippen molar-refractivity contribution in [1.29, 1.82) is 0 Å². The second-order valence-corrected chi connectivity index (χ2v) is 8.45. The van der Waals surface area contributed by atoms with E-state index in [1.165, 1.54) is 6.08 Å². The predicted molar refractivity (Wildman–Crippen MR) is 125 cm³/mol. The van der Waals surface area contributed by atoms with Gasteiger partial charge in [0.05, 0.1) is 5.69 Å². The standard InChI is InChI=1S/C24H31ClN4O2/c1-3-4-14-29-23(25)21(17(2)28-29)12-13-22(30)26-16-18-8-7-11-20(15-18)27-24(31)19-9-5-6-10-19/h7-8,11-13,15,19H,3-6,9-10,14,16H2,1-2H3,(H,26,30)(H,27,31). The van der Waals surface area contributed by atoms with E-state index in [1.54, 1.807) is 10.8 Å². The molecule has 1 saturated carbocycles. The Morgan fingerprint density at radius 2 is 2.06 bits per heavy atom. The molecule has 1 aliphatic carbocycles. The van der Waals surface area contributed by atoms with Crippen LogP contribution >= 0.6 is 11.6 Å². The fourth-order valence-corrected chi connectivity index (χ4v) is 4.13. The summed E-state index contributed by atoms with van der Waals surface area (Å²) in [5.41, 5.74) is 3.26. The van der Waals surface area contributed by atoms with Gasteiger partial charge in [0.25, 0.3) is 0 Å². The van der Waals surface area contributed by atoms with Gasteiger partial charge < -0.3 is 10.6 Å². The molecular formula is C24H31ClN4O2. The van der Waals surface area contributed by atoms with Crippen molar-refractivity contribution in [2.75, 3.05) is 5.32 Å². The lowest BCUT2D eigenvalue weighted by molar-refractivity contribution is -0.119. The summed E-state index contributed by atoms with van der Waals surface area (Å²) >= 11 is 6.41. The SMILES string of the molecule is CCCCn1nc(C)c(C=CC(=O)NCc2cccc(NC(=O)C3CCCC3)c2)c1Cl. The van der Waals surface area contributed by atoms with Crippen LogP contribution in [0.25, 0.3) is 6.08 Å². The van der Waals surface area contributed by atoms with Gasteiger partial charge in [-0.05, 0) is 50.0 Å². The number of carbonyl (C=O) groups is 2. The normalized spacial score (nSPS) is 14.3. The molecule has 1 aromatic heterocycles. The number of aromatic nitrogens is 2. The van der Waals surface area contributed by atoms with Crippen LogP contribution in [0.2, 0.25) is 5.15 Å². The highest BCUT2D eigenvalue weighted by Crippen LogP contribution is 2.26. The summed E-state index contributed by atoms with van der Waals surface area (Å²) in [6.45, 7) is 5.15. The van der Waals surface area contributed by atoms with Crippen LogP contribution in [-0.4, -0.2) is 21.6 Å². The molecule has 3 rings (SSSR count). The van der Waals surface area contributed by atoms with Crippen LogP contribution in [0.5, 0.6) is 0 Å². The van der Waals surface area contributed by atoms with Gasteiger partial charge in [-0.25, -0.2) is 0 Å². The maximum atomic E-state index is 12.3. The minimum atomic E-state index is -0.211. The third-order valence-electron chi connectivity index (χ3n) is 5.62. The van der Waals surface area contributed by atoms with Crippen molar-refractivity contribution in [2.45, 2.75) is 65.5 Å². The molecule has 0 atom stereocenters. The number of nitrogens with one attached hydrogen (secondary N) is 2. The Hall–Kier alpha value is -2.60. The third kappa shape index (κ3) is 6.44. The van der Waals surface area contributed by atoms with Crippen LogP contribution in [0.15, 0.2) is 30.3 Å². The Morgan fingerprint density at radius 3 is 2.81 bits per heavy atom. The van der Waals surface area contributed by atoms with Crippen molar-refractivity contribution in [1.82, 2.24) is 15.1 Å². The second kappa shape index (κ2) is 11.1. The number of nitrogens with zero attached hydrogens (tertiary/aromatic N) is 2. The molecule has 1 heterocycles. The van der Waals surface area contributed by atoms with Crippen LogP contribution in [0.1, 0.15) is 62.3 Å². The van der Waals surface area contributed by atoms with E-state index in [4.69, 9.17) is 11.6 Å². The highest BCUT2D eigenvalue weighted by atomic mass is 35.5. The molecule has 0 radical (unpaired) electrons. The fourth-order valence-electron chi connectivity index (χ4n) is 3.81. The van der Waals surface area contributed by atoms with E-state index < -0.39 is 0 Å². The number of unbranched alkanes of at least 4 members (excludes halogenated alkanes) is 1. The Labute approximate surface area is 189 Å². The Bertz CT molecular complexity index is 945. The molecule has 0 unspecified atom stereocenters. The van der Waals surface area contributed by atoms with Gasteiger partial charge in [-0.1, -0.05) is 49.9 Å². The number of anilines is 1. The molecule has 31 heavy (non-hydrogen) atoms. The van der Waals surface area contributed by atoms with E-state index in [0.717, 1.165) is 67.6 Å². The summed E-state index contributed by atoms with van der Waals surface area (Å²) in [7, 11) is 0. The van der Waals surface area contributed by atoms with Crippen LogP contribution in [-0.2, 0) is 22.7 Å². The molecule has 2 amide bonds. The Balaban J connectivity index is 1.54. The summed E-state index contributed by atoms with van der Waals surface area (Å²) < 4.78 is 1.78. The first-order chi connectivity index (χ1) is 15.0. The molecule has 2 N–H and O–H groups in total. The molecule has 2 aromatic rings. The molecular weight excluding hydrogens is 412 g/mol. The molecule has 0 aliphatic heterocycles. The minimum absolute atomic E-state index is 0.0911. The van der Waals surface area contributed by atoms with Crippen molar-refractivity contribution in [3.8, 4) is 0 Å². The average molecular weight is 443 g/mol. The maximum absolute atomic E-state index is 12.3. The lowest BCUT2D eigenvalue weighted by atomic mass is 10.1. The van der Waals surface area contributed by atoms with Gasteiger partial charge >= 0.3 is 0 Å².